The smallest absolute Gasteiger partial charge is 0.125 e. The van der Waals surface area contributed by atoms with Crippen molar-refractivity contribution < 1.29 is 4.74 Å². The van der Waals surface area contributed by atoms with Crippen LogP contribution in [0.15, 0.2) is 12.1 Å². The molecule has 0 radical (unpaired) electrons. The second-order valence-corrected chi connectivity index (χ2v) is 5.65. The number of aryl methyl sites for hydroxylation is 2. The van der Waals surface area contributed by atoms with E-state index in [9.17, 15) is 0 Å². The summed E-state index contributed by atoms with van der Waals surface area (Å²) in [6, 6.07) is 4.99. The van der Waals surface area contributed by atoms with E-state index in [1.807, 2.05) is 0 Å². The molecule has 0 aliphatic rings. The van der Waals surface area contributed by atoms with E-state index in [4.69, 9.17) is 4.74 Å². The summed E-state index contributed by atoms with van der Waals surface area (Å²) in [5, 5.41) is 3.46. The molecule has 0 bridgehead atoms. The number of benzene rings is 1. The summed E-state index contributed by atoms with van der Waals surface area (Å²) < 4.78 is 6.13. The molecule has 1 aromatic rings. The number of hydrogen-bond acceptors (Lipinski definition) is 2. The highest BCUT2D eigenvalue weighted by Crippen LogP contribution is 2.27. The van der Waals surface area contributed by atoms with Gasteiger partial charge in [0.1, 0.15) is 5.75 Å². The predicted octanol–water partition coefficient (Wildman–Crippen LogP) is 4.37. The van der Waals surface area contributed by atoms with Gasteiger partial charge in [-0.1, -0.05) is 39.8 Å². The van der Waals surface area contributed by atoms with Crippen LogP contribution in [-0.4, -0.2) is 12.1 Å². The van der Waals surface area contributed by atoms with Gasteiger partial charge in [-0.25, -0.2) is 0 Å². The maximum Gasteiger partial charge on any atom is 0.125 e. The van der Waals surface area contributed by atoms with Crippen LogP contribution in [0, 0.1) is 13.8 Å². The Morgan fingerprint density at radius 1 is 1.05 bits per heavy atom. The third-order valence-electron chi connectivity index (χ3n) is 3.43. The molecule has 0 saturated heterocycles. The molecule has 2 heteroatoms. The molecule has 0 aliphatic heterocycles. The lowest BCUT2D eigenvalue weighted by Crippen LogP contribution is -2.22. The Morgan fingerprint density at radius 3 is 2.00 bits per heavy atom. The summed E-state index contributed by atoms with van der Waals surface area (Å²) in [5.74, 6) is 1.07. The third-order valence-corrected chi connectivity index (χ3v) is 3.43. The SMILES string of the molecule is CCC(CC)Oc1c(C)cc(CNC(C)C)cc1C. The summed E-state index contributed by atoms with van der Waals surface area (Å²) in [6.45, 7) is 13.9. The minimum Gasteiger partial charge on any atom is -0.490 e. The normalized spacial score (nSPS) is 11.4. The van der Waals surface area contributed by atoms with Crippen LogP contribution in [0.1, 0.15) is 57.2 Å². The fourth-order valence-corrected chi connectivity index (χ4v) is 2.27. The average Bonchev–Trinajstić information content (AvgIpc) is 2.36. The van der Waals surface area contributed by atoms with Crippen LogP contribution in [0.5, 0.6) is 5.75 Å². The predicted molar refractivity (Wildman–Crippen MR) is 82.9 cm³/mol. The maximum absolute atomic E-state index is 6.13. The van der Waals surface area contributed by atoms with Gasteiger partial charge in [0, 0.05) is 12.6 Å². The average molecular weight is 263 g/mol. The Hall–Kier alpha value is -1.02. The van der Waals surface area contributed by atoms with E-state index in [0.29, 0.717) is 12.1 Å². The van der Waals surface area contributed by atoms with Gasteiger partial charge < -0.3 is 10.1 Å². The van der Waals surface area contributed by atoms with Gasteiger partial charge in [-0.2, -0.15) is 0 Å². The first-order valence-corrected chi connectivity index (χ1v) is 7.48. The molecule has 0 heterocycles. The molecular weight excluding hydrogens is 234 g/mol. The number of nitrogens with one attached hydrogen (secondary N) is 1. The molecular formula is C17H29NO. The molecule has 0 fully saturated rings. The summed E-state index contributed by atoms with van der Waals surface area (Å²) in [5.41, 5.74) is 3.82. The zero-order valence-corrected chi connectivity index (χ0v) is 13.3. The van der Waals surface area contributed by atoms with E-state index in [0.717, 1.165) is 25.1 Å². The Morgan fingerprint density at radius 2 is 1.58 bits per heavy atom. The summed E-state index contributed by atoms with van der Waals surface area (Å²) in [6.07, 6.45) is 2.45. The topological polar surface area (TPSA) is 21.3 Å². The van der Waals surface area contributed by atoms with E-state index in [2.05, 4.69) is 59.0 Å². The zero-order valence-electron chi connectivity index (χ0n) is 13.3. The van der Waals surface area contributed by atoms with Gasteiger partial charge in [-0.15, -0.1) is 0 Å². The van der Waals surface area contributed by atoms with Crippen molar-refractivity contribution in [1.82, 2.24) is 5.32 Å². The van der Waals surface area contributed by atoms with Crippen LogP contribution in [-0.2, 0) is 6.54 Å². The van der Waals surface area contributed by atoms with Crippen molar-refractivity contribution in [3.05, 3.63) is 28.8 Å². The minimum atomic E-state index is 0.331. The first kappa shape index (κ1) is 16.0. The van der Waals surface area contributed by atoms with Crippen molar-refractivity contribution in [2.24, 2.45) is 0 Å². The molecule has 1 rings (SSSR count). The lowest BCUT2D eigenvalue weighted by molar-refractivity contribution is 0.190. The van der Waals surface area contributed by atoms with Crippen LogP contribution in [0.25, 0.3) is 0 Å². The van der Waals surface area contributed by atoms with Gasteiger partial charge in [-0.05, 0) is 43.4 Å². The monoisotopic (exact) mass is 263 g/mol. The van der Waals surface area contributed by atoms with Crippen LogP contribution >= 0.6 is 0 Å². The molecule has 108 valence electrons. The van der Waals surface area contributed by atoms with Crippen molar-refractivity contribution in [2.45, 2.75) is 73.1 Å². The summed E-state index contributed by atoms with van der Waals surface area (Å²) in [4.78, 5) is 0. The van der Waals surface area contributed by atoms with Crippen LogP contribution in [0.3, 0.4) is 0 Å². The molecule has 0 aliphatic carbocycles. The molecule has 19 heavy (non-hydrogen) atoms. The van der Waals surface area contributed by atoms with Crippen molar-refractivity contribution in [3.8, 4) is 5.75 Å². The van der Waals surface area contributed by atoms with E-state index in [-0.39, 0.29) is 0 Å². The number of ether oxygens (including phenoxy) is 1. The van der Waals surface area contributed by atoms with Gasteiger partial charge >= 0.3 is 0 Å². The fraction of sp³-hybridized carbons (Fsp3) is 0.647. The highest BCUT2D eigenvalue weighted by molar-refractivity contribution is 5.43. The highest BCUT2D eigenvalue weighted by Gasteiger charge is 2.11. The fourth-order valence-electron chi connectivity index (χ4n) is 2.27. The van der Waals surface area contributed by atoms with Crippen LogP contribution < -0.4 is 10.1 Å². The first-order valence-electron chi connectivity index (χ1n) is 7.48. The zero-order chi connectivity index (χ0) is 14.4. The Labute approximate surface area is 118 Å². The lowest BCUT2D eigenvalue weighted by atomic mass is 10.0. The van der Waals surface area contributed by atoms with Gasteiger partial charge in [0.2, 0.25) is 0 Å². The van der Waals surface area contributed by atoms with E-state index < -0.39 is 0 Å². The van der Waals surface area contributed by atoms with Gasteiger partial charge in [0.25, 0.3) is 0 Å². The quantitative estimate of drug-likeness (QED) is 0.788. The summed E-state index contributed by atoms with van der Waals surface area (Å²) in [7, 11) is 0. The molecule has 1 aromatic carbocycles. The second-order valence-electron chi connectivity index (χ2n) is 5.65. The van der Waals surface area contributed by atoms with Gasteiger partial charge in [0.15, 0.2) is 0 Å². The van der Waals surface area contributed by atoms with Crippen molar-refractivity contribution in [3.63, 3.8) is 0 Å². The first-order chi connectivity index (χ1) is 8.97. The molecule has 0 aromatic heterocycles. The Balaban J connectivity index is 2.84. The van der Waals surface area contributed by atoms with Crippen LogP contribution in [0.2, 0.25) is 0 Å². The van der Waals surface area contributed by atoms with Crippen molar-refractivity contribution in [1.29, 1.82) is 0 Å². The number of rotatable bonds is 7. The summed E-state index contributed by atoms with van der Waals surface area (Å²) >= 11 is 0. The van der Waals surface area contributed by atoms with Crippen molar-refractivity contribution >= 4 is 0 Å². The third kappa shape index (κ3) is 4.87. The largest absolute Gasteiger partial charge is 0.490 e. The van der Waals surface area contributed by atoms with E-state index in [1.54, 1.807) is 0 Å². The molecule has 2 nitrogen and oxygen atoms in total. The van der Waals surface area contributed by atoms with E-state index in [1.165, 1.54) is 16.7 Å². The molecule has 0 amide bonds. The Bertz CT molecular complexity index is 371. The van der Waals surface area contributed by atoms with E-state index >= 15 is 0 Å². The minimum absolute atomic E-state index is 0.331. The Kier molecular flexibility index (Phi) is 6.36. The van der Waals surface area contributed by atoms with Gasteiger partial charge in [-0.3, -0.25) is 0 Å². The molecule has 0 spiro atoms. The van der Waals surface area contributed by atoms with Gasteiger partial charge in [0.05, 0.1) is 6.10 Å². The maximum atomic E-state index is 6.13. The molecule has 0 saturated carbocycles. The molecule has 0 unspecified atom stereocenters. The number of hydrogen-bond donors (Lipinski definition) is 1. The van der Waals surface area contributed by atoms with Crippen LogP contribution in [0.4, 0.5) is 0 Å². The lowest BCUT2D eigenvalue weighted by Gasteiger charge is -2.20. The second kappa shape index (κ2) is 7.54. The highest BCUT2D eigenvalue weighted by atomic mass is 16.5. The standard InChI is InChI=1S/C17H29NO/c1-7-16(8-2)19-17-13(5)9-15(10-14(17)6)11-18-12(3)4/h9-10,12,16,18H,7-8,11H2,1-6H3. The molecule has 1 N–H and O–H groups in total. The molecule has 0 atom stereocenters. The van der Waals surface area contributed by atoms with Crippen molar-refractivity contribution in [2.75, 3.05) is 0 Å².